The number of likely N-dealkylation sites (N-methyl/N-ethyl adjacent to an activating group) is 1. The third-order valence-electron chi connectivity index (χ3n) is 3.94. The number of nitrogens with zero attached hydrogens (tertiary/aromatic N) is 2. The maximum absolute atomic E-state index is 12.8. The minimum absolute atomic E-state index is 0.116. The molecule has 19 heavy (non-hydrogen) atoms. The Morgan fingerprint density at radius 3 is 2.26 bits per heavy atom. The number of likely N-dealkylation sites (tertiary alicyclic amines) is 1. The summed E-state index contributed by atoms with van der Waals surface area (Å²) in [5.74, 6) is 0.271. The van der Waals surface area contributed by atoms with Crippen LogP contribution in [0.4, 0.5) is 0 Å². The number of benzene rings is 1. The van der Waals surface area contributed by atoms with Crippen LogP contribution in [0.3, 0.4) is 0 Å². The van der Waals surface area contributed by atoms with Gasteiger partial charge >= 0.3 is 0 Å². The molecule has 1 aromatic carbocycles. The van der Waals surface area contributed by atoms with E-state index in [-0.39, 0.29) is 11.9 Å². The lowest BCUT2D eigenvalue weighted by molar-refractivity contribution is -0.136. The Balaban J connectivity index is 2.25. The van der Waals surface area contributed by atoms with E-state index in [4.69, 9.17) is 0 Å². The third kappa shape index (κ3) is 3.16. The zero-order valence-electron chi connectivity index (χ0n) is 12.0. The molecule has 0 N–H and O–H groups in total. The average Bonchev–Trinajstić information content (AvgIpc) is 2.99. The average molecular weight is 260 g/mol. The second-order valence-electron chi connectivity index (χ2n) is 5.07. The molecule has 1 amide bonds. The molecule has 1 aliphatic heterocycles. The maximum atomic E-state index is 12.8. The summed E-state index contributed by atoms with van der Waals surface area (Å²) < 4.78 is 0. The van der Waals surface area contributed by atoms with Crippen molar-refractivity contribution in [3.05, 3.63) is 35.9 Å². The molecule has 0 aliphatic carbocycles. The highest BCUT2D eigenvalue weighted by Gasteiger charge is 2.30. The van der Waals surface area contributed by atoms with Crippen LogP contribution < -0.4 is 0 Å². The predicted molar refractivity (Wildman–Crippen MR) is 77.9 cm³/mol. The Bertz CT molecular complexity index is 394. The van der Waals surface area contributed by atoms with Crippen LogP contribution in [-0.4, -0.2) is 41.9 Å². The molecule has 0 saturated carbocycles. The first-order valence-electron chi connectivity index (χ1n) is 7.35. The molecule has 0 bridgehead atoms. The van der Waals surface area contributed by atoms with Crippen molar-refractivity contribution in [2.45, 2.75) is 32.7 Å². The molecular weight excluding hydrogens is 236 g/mol. The first kappa shape index (κ1) is 14.1. The van der Waals surface area contributed by atoms with Crippen molar-refractivity contribution in [1.29, 1.82) is 0 Å². The smallest absolute Gasteiger partial charge is 0.244 e. The Kier molecular flexibility index (Phi) is 4.97. The maximum Gasteiger partial charge on any atom is 0.244 e. The van der Waals surface area contributed by atoms with Gasteiger partial charge in [0.2, 0.25) is 5.91 Å². The molecule has 1 aliphatic rings. The van der Waals surface area contributed by atoms with Gasteiger partial charge in [-0.1, -0.05) is 44.2 Å². The highest BCUT2D eigenvalue weighted by Crippen LogP contribution is 2.24. The molecule has 3 heteroatoms. The Hall–Kier alpha value is -1.35. The molecule has 0 aromatic heterocycles. The third-order valence-corrected chi connectivity index (χ3v) is 3.94. The minimum Gasteiger partial charge on any atom is -0.341 e. The molecule has 3 nitrogen and oxygen atoms in total. The van der Waals surface area contributed by atoms with Crippen molar-refractivity contribution in [2.75, 3.05) is 26.2 Å². The van der Waals surface area contributed by atoms with Crippen LogP contribution in [0.25, 0.3) is 0 Å². The fraction of sp³-hybridized carbons (Fsp3) is 0.562. The van der Waals surface area contributed by atoms with E-state index in [1.807, 2.05) is 23.1 Å². The summed E-state index contributed by atoms with van der Waals surface area (Å²) in [6, 6.07) is 10.1. The standard InChI is InChI=1S/C16H24N2O/c1-3-17(4-2)15(14-10-6-5-7-11-14)16(19)18-12-8-9-13-18/h5-7,10-11,15H,3-4,8-9,12-13H2,1-2H3. The number of carbonyl (C=O) groups is 1. The monoisotopic (exact) mass is 260 g/mol. The topological polar surface area (TPSA) is 23.6 Å². The molecule has 104 valence electrons. The fourth-order valence-corrected chi connectivity index (χ4v) is 2.84. The van der Waals surface area contributed by atoms with Gasteiger partial charge in [-0.3, -0.25) is 9.69 Å². The van der Waals surface area contributed by atoms with Crippen LogP contribution in [0.15, 0.2) is 30.3 Å². The molecular formula is C16H24N2O. The van der Waals surface area contributed by atoms with Crippen LogP contribution in [0.5, 0.6) is 0 Å². The molecule has 1 fully saturated rings. The first-order valence-corrected chi connectivity index (χ1v) is 7.35. The summed E-state index contributed by atoms with van der Waals surface area (Å²) in [7, 11) is 0. The Morgan fingerprint density at radius 2 is 1.74 bits per heavy atom. The lowest BCUT2D eigenvalue weighted by Gasteiger charge is -2.32. The summed E-state index contributed by atoms with van der Waals surface area (Å²) in [5, 5.41) is 0. The highest BCUT2D eigenvalue weighted by atomic mass is 16.2. The summed E-state index contributed by atoms with van der Waals surface area (Å²) in [6.45, 7) is 7.88. The van der Waals surface area contributed by atoms with E-state index < -0.39 is 0 Å². The summed E-state index contributed by atoms with van der Waals surface area (Å²) >= 11 is 0. The summed E-state index contributed by atoms with van der Waals surface area (Å²) in [5.41, 5.74) is 1.11. The number of carbonyl (C=O) groups excluding carboxylic acids is 1. The molecule has 0 spiro atoms. The Morgan fingerprint density at radius 1 is 1.16 bits per heavy atom. The molecule has 2 rings (SSSR count). The van der Waals surface area contributed by atoms with Gasteiger partial charge in [-0.25, -0.2) is 0 Å². The van der Waals surface area contributed by atoms with E-state index in [0.717, 1.165) is 44.6 Å². The summed E-state index contributed by atoms with van der Waals surface area (Å²) in [6.07, 6.45) is 2.29. The van der Waals surface area contributed by atoms with Crippen molar-refractivity contribution in [3.8, 4) is 0 Å². The molecule has 1 atom stereocenters. The van der Waals surface area contributed by atoms with Crippen LogP contribution in [0.1, 0.15) is 38.3 Å². The molecule has 0 radical (unpaired) electrons. The van der Waals surface area contributed by atoms with Crippen molar-refractivity contribution < 1.29 is 4.79 Å². The number of hydrogen-bond acceptors (Lipinski definition) is 2. The van der Waals surface area contributed by atoms with E-state index in [1.54, 1.807) is 0 Å². The number of hydrogen-bond donors (Lipinski definition) is 0. The highest BCUT2D eigenvalue weighted by molar-refractivity contribution is 5.83. The predicted octanol–water partition coefficient (Wildman–Crippen LogP) is 2.69. The molecule has 1 saturated heterocycles. The van der Waals surface area contributed by atoms with Crippen molar-refractivity contribution in [2.24, 2.45) is 0 Å². The van der Waals surface area contributed by atoms with Crippen LogP contribution in [0.2, 0.25) is 0 Å². The first-order chi connectivity index (χ1) is 9.27. The van der Waals surface area contributed by atoms with E-state index >= 15 is 0 Å². The van der Waals surface area contributed by atoms with Crippen molar-refractivity contribution in [3.63, 3.8) is 0 Å². The van der Waals surface area contributed by atoms with Crippen LogP contribution in [-0.2, 0) is 4.79 Å². The Labute approximate surface area is 116 Å². The summed E-state index contributed by atoms with van der Waals surface area (Å²) in [4.78, 5) is 17.1. The van der Waals surface area contributed by atoms with Gasteiger partial charge in [0, 0.05) is 13.1 Å². The molecule has 1 heterocycles. The van der Waals surface area contributed by atoms with Gasteiger partial charge in [0.25, 0.3) is 0 Å². The zero-order chi connectivity index (χ0) is 13.7. The number of rotatable bonds is 5. The SMILES string of the molecule is CCN(CC)C(C(=O)N1CCCC1)c1ccccc1. The quantitative estimate of drug-likeness (QED) is 0.812. The van der Waals surface area contributed by atoms with Gasteiger partial charge in [-0.05, 0) is 31.5 Å². The van der Waals surface area contributed by atoms with Crippen molar-refractivity contribution in [1.82, 2.24) is 9.80 Å². The van der Waals surface area contributed by atoms with Gasteiger partial charge in [0.15, 0.2) is 0 Å². The van der Waals surface area contributed by atoms with Gasteiger partial charge in [0.1, 0.15) is 6.04 Å². The van der Waals surface area contributed by atoms with E-state index in [9.17, 15) is 4.79 Å². The van der Waals surface area contributed by atoms with Crippen molar-refractivity contribution >= 4 is 5.91 Å². The van der Waals surface area contributed by atoms with Gasteiger partial charge < -0.3 is 4.90 Å². The van der Waals surface area contributed by atoms with Gasteiger partial charge in [-0.2, -0.15) is 0 Å². The lowest BCUT2D eigenvalue weighted by Crippen LogP contribution is -2.41. The normalized spacial score (nSPS) is 16.9. The second-order valence-corrected chi connectivity index (χ2v) is 5.07. The minimum atomic E-state index is -0.116. The fourth-order valence-electron chi connectivity index (χ4n) is 2.84. The largest absolute Gasteiger partial charge is 0.341 e. The molecule has 1 unspecified atom stereocenters. The van der Waals surface area contributed by atoms with Gasteiger partial charge in [-0.15, -0.1) is 0 Å². The molecule has 1 aromatic rings. The lowest BCUT2D eigenvalue weighted by atomic mass is 10.0. The van der Waals surface area contributed by atoms with E-state index in [1.165, 1.54) is 0 Å². The van der Waals surface area contributed by atoms with Gasteiger partial charge in [0.05, 0.1) is 0 Å². The van der Waals surface area contributed by atoms with E-state index in [2.05, 4.69) is 30.9 Å². The zero-order valence-corrected chi connectivity index (χ0v) is 12.0. The van der Waals surface area contributed by atoms with E-state index in [0.29, 0.717) is 0 Å². The van der Waals surface area contributed by atoms with Crippen LogP contribution in [0, 0.1) is 0 Å². The van der Waals surface area contributed by atoms with Crippen LogP contribution >= 0.6 is 0 Å². The number of amides is 1. The second kappa shape index (κ2) is 6.71.